The summed E-state index contributed by atoms with van der Waals surface area (Å²) < 4.78 is 5.96. The lowest BCUT2D eigenvalue weighted by molar-refractivity contribution is 0.183. The smallest absolute Gasteiger partial charge is 0.140 e. The average molecular weight is 473 g/mol. The topological polar surface area (TPSA) is 55.4 Å². The zero-order valence-electron chi connectivity index (χ0n) is 22.1. The number of allylic oxidation sites excluding steroid dienone is 4. The van der Waals surface area contributed by atoms with Gasteiger partial charge in [0.15, 0.2) is 0 Å². The molecule has 0 bridgehead atoms. The fraction of sp³-hybridized carbons (Fsp3) is 0.741. The van der Waals surface area contributed by atoms with Crippen molar-refractivity contribution in [2.24, 2.45) is 4.99 Å². The molecule has 1 atom stereocenters. The average Bonchev–Trinajstić information content (AvgIpc) is 3.21. The molecule has 192 valence electrons. The van der Waals surface area contributed by atoms with Crippen LogP contribution >= 0.6 is 0 Å². The van der Waals surface area contributed by atoms with Gasteiger partial charge in [-0.1, -0.05) is 13.0 Å². The monoisotopic (exact) mass is 472 g/mol. The number of nitrogens with one attached hydrogen (secondary N) is 2. The van der Waals surface area contributed by atoms with Crippen LogP contribution in [0.2, 0.25) is 0 Å². The molecular formula is C27H48N6O. The Labute approximate surface area is 208 Å². The first kappa shape index (κ1) is 26.6. The van der Waals surface area contributed by atoms with E-state index in [4.69, 9.17) is 4.74 Å². The minimum Gasteiger partial charge on any atom is -0.495 e. The van der Waals surface area contributed by atoms with E-state index < -0.39 is 0 Å². The van der Waals surface area contributed by atoms with E-state index >= 15 is 0 Å². The van der Waals surface area contributed by atoms with Gasteiger partial charge in [0.05, 0.1) is 19.4 Å². The van der Waals surface area contributed by atoms with E-state index in [1.165, 1.54) is 57.6 Å². The lowest BCUT2D eigenvalue weighted by atomic mass is 10.1. The summed E-state index contributed by atoms with van der Waals surface area (Å²) in [5.74, 6) is 1.98. The third kappa shape index (κ3) is 8.05. The fourth-order valence-electron chi connectivity index (χ4n) is 5.23. The van der Waals surface area contributed by atoms with Crippen molar-refractivity contribution in [1.29, 1.82) is 0 Å². The summed E-state index contributed by atoms with van der Waals surface area (Å²) in [4.78, 5) is 12.5. The van der Waals surface area contributed by atoms with Crippen LogP contribution in [0.25, 0.3) is 0 Å². The molecule has 3 rings (SSSR count). The third-order valence-corrected chi connectivity index (χ3v) is 7.26. The van der Waals surface area contributed by atoms with Crippen LogP contribution in [-0.4, -0.2) is 100 Å². The number of likely N-dealkylation sites (N-methyl/N-ethyl adjacent to an activating group) is 2. The number of nitrogens with zero attached hydrogens (tertiary/aromatic N) is 4. The summed E-state index contributed by atoms with van der Waals surface area (Å²) in [5.41, 5.74) is 2.44. The molecule has 2 fully saturated rings. The van der Waals surface area contributed by atoms with Gasteiger partial charge < -0.3 is 25.2 Å². The minimum absolute atomic E-state index is 0.690. The summed E-state index contributed by atoms with van der Waals surface area (Å²) in [5, 5.41) is 6.76. The Hall–Kier alpha value is -1.99. The predicted molar refractivity (Wildman–Crippen MR) is 143 cm³/mol. The number of rotatable bonds is 8. The largest absolute Gasteiger partial charge is 0.495 e. The number of ether oxygens (including phenoxy) is 1. The second kappa shape index (κ2) is 14.4. The molecule has 0 aromatic heterocycles. The molecule has 2 saturated heterocycles. The third-order valence-electron chi connectivity index (χ3n) is 7.26. The van der Waals surface area contributed by atoms with Crippen molar-refractivity contribution in [3.05, 3.63) is 35.4 Å². The molecule has 34 heavy (non-hydrogen) atoms. The standard InChI is InChI=1S/C27H48N6O/c1-5-14-29-27(28-2)22-30-23-10-6-7-12-25(26(21-23)34-4)33-16-8-11-24(13-18-33)32-17-9-15-31(3)19-20-32/h6,10,21,24,30H,5,7-9,11-20,22H2,1-4H3,(H,28,29)/b10-6-,23-21+,26-25-/t24-/m0/s1. The van der Waals surface area contributed by atoms with Gasteiger partial charge >= 0.3 is 0 Å². The highest BCUT2D eigenvalue weighted by Gasteiger charge is 2.26. The van der Waals surface area contributed by atoms with Gasteiger partial charge in [-0.2, -0.15) is 0 Å². The van der Waals surface area contributed by atoms with E-state index in [2.05, 4.69) is 62.5 Å². The van der Waals surface area contributed by atoms with Gasteiger partial charge in [-0.3, -0.25) is 9.89 Å². The number of likely N-dealkylation sites (tertiary alicyclic amines) is 1. The van der Waals surface area contributed by atoms with E-state index in [1.54, 1.807) is 0 Å². The Balaban J connectivity index is 1.68. The van der Waals surface area contributed by atoms with Crippen molar-refractivity contribution >= 4 is 5.84 Å². The summed E-state index contributed by atoms with van der Waals surface area (Å²) in [6, 6.07) is 0.715. The van der Waals surface area contributed by atoms with Crippen LogP contribution < -0.4 is 10.6 Å². The fourth-order valence-corrected chi connectivity index (χ4v) is 5.23. The van der Waals surface area contributed by atoms with E-state index in [1.807, 2.05) is 14.2 Å². The summed E-state index contributed by atoms with van der Waals surface area (Å²) >= 11 is 0. The maximum absolute atomic E-state index is 5.96. The zero-order chi connectivity index (χ0) is 24.2. The maximum atomic E-state index is 5.96. The highest BCUT2D eigenvalue weighted by Crippen LogP contribution is 2.26. The Morgan fingerprint density at radius 1 is 1.12 bits per heavy atom. The molecule has 7 heteroatoms. The first-order chi connectivity index (χ1) is 16.6. The van der Waals surface area contributed by atoms with Crippen LogP contribution in [0.5, 0.6) is 0 Å². The van der Waals surface area contributed by atoms with Crippen molar-refractivity contribution in [1.82, 2.24) is 25.3 Å². The van der Waals surface area contributed by atoms with Crippen LogP contribution in [0.15, 0.2) is 40.4 Å². The first-order valence-corrected chi connectivity index (χ1v) is 13.4. The Morgan fingerprint density at radius 3 is 2.79 bits per heavy atom. The van der Waals surface area contributed by atoms with Gasteiger partial charge in [-0.05, 0) is 71.2 Å². The number of aliphatic imine (C=N–C) groups is 1. The number of hydrogen-bond donors (Lipinski definition) is 2. The molecule has 0 unspecified atom stereocenters. The van der Waals surface area contributed by atoms with E-state index in [0.29, 0.717) is 12.6 Å². The predicted octanol–water partition coefficient (Wildman–Crippen LogP) is 3.19. The molecule has 7 nitrogen and oxygen atoms in total. The summed E-state index contributed by atoms with van der Waals surface area (Å²) in [7, 11) is 6.01. The van der Waals surface area contributed by atoms with Crippen LogP contribution in [0.1, 0.15) is 51.9 Å². The highest BCUT2D eigenvalue weighted by molar-refractivity contribution is 5.84. The van der Waals surface area contributed by atoms with Crippen molar-refractivity contribution in [3.63, 3.8) is 0 Å². The SMILES string of the molecule is CCC/N=C(/CNC1=C/C(OC)=C(/N2CCC[C@H](N3CCCN(C)CC3)CC2)CC/C=C\1)NC. The lowest BCUT2D eigenvalue weighted by Crippen LogP contribution is -2.38. The zero-order valence-corrected chi connectivity index (χ0v) is 22.1. The highest BCUT2D eigenvalue weighted by atomic mass is 16.5. The maximum Gasteiger partial charge on any atom is 0.140 e. The molecule has 2 N–H and O–H groups in total. The van der Waals surface area contributed by atoms with Crippen molar-refractivity contribution < 1.29 is 4.74 Å². The molecule has 0 spiro atoms. The van der Waals surface area contributed by atoms with Gasteiger partial charge in [-0.25, -0.2) is 0 Å². The molecule has 2 aliphatic heterocycles. The van der Waals surface area contributed by atoms with Crippen LogP contribution in [0.3, 0.4) is 0 Å². The molecule has 3 aliphatic rings. The van der Waals surface area contributed by atoms with Gasteiger partial charge in [-0.15, -0.1) is 0 Å². The molecule has 0 radical (unpaired) electrons. The Bertz CT molecular complexity index is 743. The van der Waals surface area contributed by atoms with Gasteiger partial charge in [0.25, 0.3) is 0 Å². The van der Waals surface area contributed by atoms with Crippen LogP contribution in [0, 0.1) is 0 Å². The molecular weight excluding hydrogens is 424 g/mol. The normalized spacial score (nSPS) is 28.7. The lowest BCUT2D eigenvalue weighted by Gasteiger charge is -2.31. The number of methoxy groups -OCH3 is 1. The minimum atomic E-state index is 0.690. The Morgan fingerprint density at radius 2 is 2.00 bits per heavy atom. The van der Waals surface area contributed by atoms with Crippen LogP contribution in [-0.2, 0) is 4.74 Å². The number of hydrogen-bond acceptors (Lipinski definition) is 6. The first-order valence-electron chi connectivity index (χ1n) is 13.4. The summed E-state index contributed by atoms with van der Waals surface area (Å²) in [6.07, 6.45) is 14.8. The van der Waals surface area contributed by atoms with Gasteiger partial charge in [0.1, 0.15) is 11.6 Å². The second-order valence-electron chi connectivity index (χ2n) is 9.75. The van der Waals surface area contributed by atoms with Crippen molar-refractivity contribution in [2.45, 2.75) is 57.9 Å². The van der Waals surface area contributed by atoms with Crippen molar-refractivity contribution in [2.75, 3.05) is 73.6 Å². The molecule has 1 aliphatic carbocycles. The van der Waals surface area contributed by atoms with Crippen LogP contribution in [0.4, 0.5) is 0 Å². The second-order valence-corrected chi connectivity index (χ2v) is 9.75. The van der Waals surface area contributed by atoms with Gasteiger partial charge in [0, 0.05) is 57.6 Å². The van der Waals surface area contributed by atoms with E-state index in [-0.39, 0.29) is 0 Å². The molecule has 0 amide bonds. The van der Waals surface area contributed by atoms with Gasteiger partial charge in [0.2, 0.25) is 0 Å². The molecule has 2 heterocycles. The molecule has 0 aromatic rings. The number of amidine groups is 1. The summed E-state index contributed by atoms with van der Waals surface area (Å²) in [6.45, 7) is 10.8. The van der Waals surface area contributed by atoms with Crippen molar-refractivity contribution in [3.8, 4) is 0 Å². The van der Waals surface area contributed by atoms with E-state index in [0.717, 1.165) is 56.2 Å². The molecule has 0 aromatic carbocycles. The molecule has 0 saturated carbocycles. The van der Waals surface area contributed by atoms with E-state index in [9.17, 15) is 0 Å². The quantitative estimate of drug-likeness (QED) is 0.418. The Kier molecular flexibility index (Phi) is 11.3.